The number of esters is 2. The van der Waals surface area contributed by atoms with Gasteiger partial charge in [0.15, 0.2) is 6.10 Å². The quantitative estimate of drug-likeness (QED) is 0.0264. The van der Waals surface area contributed by atoms with E-state index in [-0.39, 0.29) is 38.6 Å². The van der Waals surface area contributed by atoms with Gasteiger partial charge in [-0.05, 0) is 96.3 Å². The number of phosphoric acid groups is 1. The van der Waals surface area contributed by atoms with Crippen LogP contribution in [0.3, 0.4) is 0 Å². The summed E-state index contributed by atoms with van der Waals surface area (Å²) >= 11 is 0. The zero-order chi connectivity index (χ0) is 63.0. The number of carbonyl (C=O) groups excluding carboxylic acids is 2. The van der Waals surface area contributed by atoms with Crippen molar-refractivity contribution in [2.45, 2.75) is 354 Å². The minimum absolute atomic E-state index is 0.0507. The number of hydrogen-bond acceptors (Lipinski definition) is 8. The molecule has 0 aliphatic carbocycles. The van der Waals surface area contributed by atoms with Gasteiger partial charge in [-0.3, -0.25) is 18.6 Å². The molecule has 3 N–H and O–H groups in total. The summed E-state index contributed by atoms with van der Waals surface area (Å²) in [6.45, 7) is 3.67. The lowest BCUT2D eigenvalue weighted by Crippen LogP contribution is -2.29. The highest BCUT2D eigenvalue weighted by Crippen LogP contribution is 2.43. The lowest BCUT2D eigenvalue weighted by molar-refractivity contribution is -0.161. The maximum absolute atomic E-state index is 12.8. The predicted octanol–water partition coefficient (Wildman–Crippen LogP) is 24.3. The van der Waals surface area contributed by atoms with Gasteiger partial charge >= 0.3 is 19.8 Å². The first-order chi connectivity index (χ1) is 42.8. The monoisotopic (exact) mass is 1240 g/mol. The molecule has 0 fully saturated rings. The predicted molar refractivity (Wildman–Crippen MR) is 376 cm³/mol. The number of ether oxygens (including phenoxy) is 2. The van der Waals surface area contributed by atoms with E-state index >= 15 is 0 Å². The van der Waals surface area contributed by atoms with E-state index < -0.39 is 26.5 Å². The van der Waals surface area contributed by atoms with Gasteiger partial charge in [0.2, 0.25) is 0 Å². The molecule has 87 heavy (non-hydrogen) atoms. The van der Waals surface area contributed by atoms with Gasteiger partial charge in [0, 0.05) is 19.4 Å². The third-order valence-corrected chi connectivity index (χ3v) is 16.9. The van der Waals surface area contributed by atoms with Gasteiger partial charge < -0.3 is 20.1 Å². The Morgan fingerprint density at radius 1 is 0.356 bits per heavy atom. The number of phosphoric ester groups is 1. The number of nitrogens with two attached hydrogens (primary N) is 1. The van der Waals surface area contributed by atoms with E-state index in [0.29, 0.717) is 6.42 Å². The summed E-state index contributed by atoms with van der Waals surface area (Å²) in [6, 6.07) is 0. The van der Waals surface area contributed by atoms with Gasteiger partial charge in [-0.2, -0.15) is 0 Å². The molecule has 9 nitrogen and oxygen atoms in total. The number of allylic oxidation sites excluding steroid dienone is 16. The summed E-state index contributed by atoms with van der Waals surface area (Å²) in [5.41, 5.74) is 5.41. The molecule has 2 atom stereocenters. The second-order valence-electron chi connectivity index (χ2n) is 24.4. The zero-order valence-electron chi connectivity index (χ0n) is 56.7. The van der Waals surface area contributed by atoms with Crippen molar-refractivity contribution in [2.75, 3.05) is 26.4 Å². The molecule has 0 aliphatic heterocycles. The maximum Gasteiger partial charge on any atom is 0.472 e. The maximum atomic E-state index is 12.8. The topological polar surface area (TPSA) is 134 Å². The van der Waals surface area contributed by atoms with Crippen LogP contribution in [0.15, 0.2) is 97.2 Å². The van der Waals surface area contributed by atoms with E-state index in [4.69, 9.17) is 24.3 Å². The molecule has 0 aromatic rings. The van der Waals surface area contributed by atoms with Crippen molar-refractivity contribution in [3.8, 4) is 0 Å². The molecule has 0 aliphatic rings. The molecule has 0 spiro atoms. The van der Waals surface area contributed by atoms with Crippen LogP contribution in [0.5, 0.6) is 0 Å². The Morgan fingerprint density at radius 3 is 0.954 bits per heavy atom. The van der Waals surface area contributed by atoms with Crippen LogP contribution in [-0.4, -0.2) is 49.3 Å². The lowest BCUT2D eigenvalue weighted by atomic mass is 10.0. The van der Waals surface area contributed by atoms with Crippen molar-refractivity contribution in [3.63, 3.8) is 0 Å². The summed E-state index contributed by atoms with van der Waals surface area (Å²) in [5, 5.41) is 0. The minimum atomic E-state index is -4.40. The van der Waals surface area contributed by atoms with Gasteiger partial charge in [0.25, 0.3) is 0 Å². The number of hydrogen-bond donors (Lipinski definition) is 2. The average Bonchev–Trinajstić information content (AvgIpc) is 3.64. The smallest absolute Gasteiger partial charge is 0.462 e. The summed E-state index contributed by atoms with van der Waals surface area (Å²) in [5.74, 6) is -0.820. The summed E-state index contributed by atoms with van der Waals surface area (Å²) in [4.78, 5) is 35.4. The molecule has 10 heteroatoms. The van der Waals surface area contributed by atoms with Crippen LogP contribution < -0.4 is 5.73 Å². The van der Waals surface area contributed by atoms with Gasteiger partial charge in [-0.15, -0.1) is 0 Å². The van der Waals surface area contributed by atoms with Gasteiger partial charge in [0.1, 0.15) is 6.61 Å². The summed E-state index contributed by atoms with van der Waals surface area (Å²) < 4.78 is 33.2. The number of rotatable bonds is 69. The third kappa shape index (κ3) is 71.9. The molecule has 0 saturated heterocycles. The average molecular weight is 1240 g/mol. The SMILES string of the molecule is CC/C=C\C/C=C\C/C=C\C/C=C\C/C=C\C/C=C\C/C=C\CCCCCCCCCCCCCC(=O)OC(COC(=O)CCCCCCCCCCCCCCCCCCCCCCC/C=C\CCCCCCCCCC)COP(=O)(O)OCCN. The van der Waals surface area contributed by atoms with Crippen molar-refractivity contribution in [3.05, 3.63) is 97.2 Å². The van der Waals surface area contributed by atoms with E-state index in [9.17, 15) is 19.0 Å². The van der Waals surface area contributed by atoms with Crippen LogP contribution in [0.1, 0.15) is 348 Å². The second-order valence-corrected chi connectivity index (χ2v) is 25.9. The van der Waals surface area contributed by atoms with E-state index in [1.54, 1.807) is 0 Å². The second kappa shape index (κ2) is 72.0. The Labute approximate surface area is 537 Å². The molecule has 2 unspecified atom stereocenters. The Balaban J connectivity index is 3.86. The van der Waals surface area contributed by atoms with E-state index in [1.807, 2.05) is 0 Å². The Kier molecular flexibility index (Phi) is 69.5. The summed E-state index contributed by atoms with van der Waals surface area (Å²) in [6.07, 6.45) is 98.0. The van der Waals surface area contributed by atoms with Crippen molar-refractivity contribution < 1.29 is 37.6 Å². The van der Waals surface area contributed by atoms with Crippen LogP contribution >= 0.6 is 7.82 Å². The molecular formula is C77H138NO8P. The molecule has 504 valence electrons. The lowest BCUT2D eigenvalue weighted by Gasteiger charge is -2.19. The van der Waals surface area contributed by atoms with Crippen molar-refractivity contribution in [1.29, 1.82) is 0 Å². The highest BCUT2D eigenvalue weighted by molar-refractivity contribution is 7.47. The Bertz CT molecular complexity index is 1750. The minimum Gasteiger partial charge on any atom is -0.462 e. The van der Waals surface area contributed by atoms with Crippen LogP contribution in [0, 0.1) is 0 Å². The van der Waals surface area contributed by atoms with Crippen molar-refractivity contribution >= 4 is 19.8 Å². The highest BCUT2D eigenvalue weighted by atomic mass is 31.2. The molecule has 0 radical (unpaired) electrons. The molecule has 0 bridgehead atoms. The van der Waals surface area contributed by atoms with Crippen molar-refractivity contribution in [1.82, 2.24) is 0 Å². The van der Waals surface area contributed by atoms with Crippen LogP contribution in [-0.2, 0) is 32.7 Å². The number of unbranched alkanes of at least 4 members (excludes halogenated alkanes) is 40. The molecule has 0 heterocycles. The fraction of sp³-hybridized carbons (Fsp3) is 0.766. The standard InChI is InChI=1S/C77H138NO8P/c1-3-5-7-9-11-13-15-17-19-21-23-25-27-29-31-33-35-37-39-41-43-45-47-49-51-53-55-57-59-61-63-65-67-69-76(79)83-73-75(74-85-87(81,82)84-72-71-78)86-77(80)70-68-66-64-62-60-58-56-54-52-50-48-46-44-42-40-38-36-34-32-30-28-26-24-22-20-18-16-14-12-10-8-6-4-2/h6,8,12,14,18,20-21,23-24,26,30,32,36,38,42,44,75H,3-5,7,9-11,13,15-17,19,22,25,27-29,31,33-35,37,39-41,43,45-74,78H2,1-2H3,(H,81,82)/b8-6-,14-12-,20-18-,23-21-,26-24-,32-30-,38-36-,44-42-. The highest BCUT2D eigenvalue weighted by Gasteiger charge is 2.26. The van der Waals surface area contributed by atoms with E-state index in [0.717, 1.165) is 89.9 Å². The van der Waals surface area contributed by atoms with E-state index in [1.165, 1.54) is 225 Å². The van der Waals surface area contributed by atoms with Gasteiger partial charge in [0.05, 0.1) is 13.2 Å². The molecule has 0 saturated carbocycles. The third-order valence-electron chi connectivity index (χ3n) is 16.0. The first-order valence-corrected chi connectivity index (χ1v) is 38.2. The Morgan fingerprint density at radius 2 is 0.632 bits per heavy atom. The van der Waals surface area contributed by atoms with Crippen LogP contribution in [0.2, 0.25) is 0 Å². The first-order valence-electron chi connectivity index (χ1n) is 36.7. The summed E-state index contributed by atoms with van der Waals surface area (Å²) in [7, 11) is -4.40. The van der Waals surface area contributed by atoms with Crippen molar-refractivity contribution in [2.24, 2.45) is 5.73 Å². The first kappa shape index (κ1) is 83.9. The largest absolute Gasteiger partial charge is 0.472 e. The fourth-order valence-corrected chi connectivity index (χ4v) is 11.3. The molecular weight excluding hydrogens is 1100 g/mol. The van der Waals surface area contributed by atoms with E-state index in [2.05, 4.69) is 111 Å². The fourth-order valence-electron chi connectivity index (χ4n) is 10.6. The molecule has 0 amide bonds. The normalized spacial score (nSPS) is 13.5. The molecule has 0 aromatic carbocycles. The molecule has 0 aromatic heterocycles. The molecule has 0 rings (SSSR count). The number of carbonyl (C=O) groups is 2. The van der Waals surface area contributed by atoms with Gasteiger partial charge in [-0.1, -0.05) is 336 Å². The van der Waals surface area contributed by atoms with Crippen LogP contribution in [0.4, 0.5) is 0 Å². The van der Waals surface area contributed by atoms with Crippen LogP contribution in [0.25, 0.3) is 0 Å². The Hall–Kier alpha value is -3.07. The zero-order valence-corrected chi connectivity index (χ0v) is 57.6. The van der Waals surface area contributed by atoms with Gasteiger partial charge in [-0.25, -0.2) is 4.57 Å².